The third-order valence-corrected chi connectivity index (χ3v) is 5.28. The van der Waals surface area contributed by atoms with Crippen LogP contribution in [0.3, 0.4) is 0 Å². The Morgan fingerprint density at radius 2 is 0.556 bits per heavy atom. The summed E-state index contributed by atoms with van der Waals surface area (Å²) in [5, 5.41) is 0. The summed E-state index contributed by atoms with van der Waals surface area (Å²) in [6, 6.07) is 43.6. The molecule has 0 radical (unpaired) electrons. The second-order valence-electron chi connectivity index (χ2n) is 6.98. The molecule has 0 nitrogen and oxygen atoms in total. The normalized spacial score (nSPS) is 11.0. The summed E-state index contributed by atoms with van der Waals surface area (Å²) in [6.07, 6.45) is 1.04. The molecule has 0 spiro atoms. The Bertz CT molecular complexity index is 768. The van der Waals surface area contributed by atoms with Gasteiger partial charge in [-0.2, -0.15) is 0 Å². The van der Waals surface area contributed by atoms with Crippen LogP contribution in [-0.4, -0.2) is 0 Å². The summed E-state index contributed by atoms with van der Waals surface area (Å²) in [7, 11) is 0. The molecule has 0 aliphatic carbocycles. The molecule has 0 bridgehead atoms. The zero-order chi connectivity index (χ0) is 18.3. The van der Waals surface area contributed by atoms with Crippen molar-refractivity contribution in [1.29, 1.82) is 0 Å². The molecule has 0 unspecified atom stereocenters. The first kappa shape index (κ1) is 17.3. The van der Waals surface area contributed by atoms with Gasteiger partial charge in [0.05, 0.1) is 0 Å². The minimum Gasteiger partial charge on any atom is -0.0622 e. The minimum absolute atomic E-state index is 0.359. The van der Waals surface area contributed by atoms with Gasteiger partial charge in [0, 0.05) is 11.8 Å². The van der Waals surface area contributed by atoms with Gasteiger partial charge in [-0.1, -0.05) is 121 Å². The van der Waals surface area contributed by atoms with Crippen molar-refractivity contribution in [3.63, 3.8) is 0 Å². The van der Waals surface area contributed by atoms with E-state index >= 15 is 0 Å². The van der Waals surface area contributed by atoms with Crippen molar-refractivity contribution in [2.45, 2.75) is 18.3 Å². The summed E-state index contributed by atoms with van der Waals surface area (Å²) >= 11 is 0. The van der Waals surface area contributed by atoms with Gasteiger partial charge >= 0.3 is 0 Å². The fourth-order valence-corrected chi connectivity index (χ4v) is 3.91. The van der Waals surface area contributed by atoms with E-state index in [1.54, 1.807) is 0 Å². The minimum atomic E-state index is 0.359. The fourth-order valence-electron chi connectivity index (χ4n) is 3.91. The molecule has 0 aliphatic heterocycles. The van der Waals surface area contributed by atoms with Gasteiger partial charge in [0.15, 0.2) is 0 Å². The van der Waals surface area contributed by atoms with E-state index in [2.05, 4.69) is 121 Å². The molecule has 4 rings (SSSR count). The van der Waals surface area contributed by atoms with Gasteiger partial charge < -0.3 is 0 Å². The SMILES string of the molecule is c1ccc(C(CC(c2ccccc2)c2ccccc2)c2ccccc2)cc1. The quantitative estimate of drug-likeness (QED) is 0.350. The van der Waals surface area contributed by atoms with Gasteiger partial charge in [0.2, 0.25) is 0 Å². The van der Waals surface area contributed by atoms with Gasteiger partial charge in [-0.3, -0.25) is 0 Å². The Balaban J connectivity index is 1.77. The first-order chi connectivity index (χ1) is 13.4. The maximum absolute atomic E-state index is 2.25. The van der Waals surface area contributed by atoms with Crippen molar-refractivity contribution in [2.75, 3.05) is 0 Å². The standard InChI is InChI=1S/C27H24/c1-5-13-22(14-6-1)26(23-15-7-2-8-16-23)21-27(24-17-9-3-10-18-24)25-19-11-4-12-20-25/h1-20,26-27H,21H2. The Morgan fingerprint density at radius 3 is 0.778 bits per heavy atom. The molecular formula is C27H24. The number of hydrogen-bond donors (Lipinski definition) is 0. The Labute approximate surface area is 162 Å². The highest BCUT2D eigenvalue weighted by Crippen LogP contribution is 2.38. The van der Waals surface area contributed by atoms with Crippen molar-refractivity contribution in [3.05, 3.63) is 144 Å². The maximum atomic E-state index is 2.25. The molecule has 0 saturated carbocycles. The topological polar surface area (TPSA) is 0 Å². The van der Waals surface area contributed by atoms with E-state index in [4.69, 9.17) is 0 Å². The molecule has 0 amide bonds. The third kappa shape index (κ3) is 4.17. The predicted octanol–water partition coefficient (Wildman–Crippen LogP) is 7.04. The van der Waals surface area contributed by atoms with Crippen LogP contribution in [0.1, 0.15) is 40.5 Å². The summed E-state index contributed by atoms with van der Waals surface area (Å²) < 4.78 is 0. The maximum Gasteiger partial charge on any atom is 0.00983 e. The van der Waals surface area contributed by atoms with E-state index in [0.717, 1.165) is 6.42 Å². The van der Waals surface area contributed by atoms with E-state index in [-0.39, 0.29) is 0 Å². The molecule has 0 atom stereocenters. The van der Waals surface area contributed by atoms with Gasteiger partial charge in [-0.05, 0) is 28.7 Å². The molecule has 0 heterocycles. The van der Waals surface area contributed by atoms with Crippen molar-refractivity contribution in [2.24, 2.45) is 0 Å². The molecule has 4 aromatic carbocycles. The lowest BCUT2D eigenvalue weighted by Gasteiger charge is -2.25. The van der Waals surface area contributed by atoms with E-state index in [1.807, 2.05) is 0 Å². The molecule has 0 saturated heterocycles. The number of benzene rings is 4. The number of hydrogen-bond acceptors (Lipinski definition) is 0. The zero-order valence-corrected chi connectivity index (χ0v) is 15.4. The molecular weight excluding hydrogens is 324 g/mol. The van der Waals surface area contributed by atoms with E-state index in [0.29, 0.717) is 11.8 Å². The van der Waals surface area contributed by atoms with Gasteiger partial charge in [-0.25, -0.2) is 0 Å². The molecule has 0 aromatic heterocycles. The fraction of sp³-hybridized carbons (Fsp3) is 0.111. The van der Waals surface area contributed by atoms with Gasteiger partial charge in [-0.15, -0.1) is 0 Å². The monoisotopic (exact) mass is 348 g/mol. The van der Waals surface area contributed by atoms with Crippen LogP contribution in [0.5, 0.6) is 0 Å². The third-order valence-electron chi connectivity index (χ3n) is 5.28. The highest BCUT2D eigenvalue weighted by atomic mass is 14.3. The lowest BCUT2D eigenvalue weighted by molar-refractivity contribution is 0.644. The van der Waals surface area contributed by atoms with Crippen LogP contribution >= 0.6 is 0 Å². The lowest BCUT2D eigenvalue weighted by atomic mass is 9.78. The molecule has 4 aromatic rings. The Morgan fingerprint density at radius 1 is 0.333 bits per heavy atom. The zero-order valence-electron chi connectivity index (χ0n) is 15.4. The summed E-state index contributed by atoms with van der Waals surface area (Å²) in [6.45, 7) is 0. The van der Waals surface area contributed by atoms with Crippen molar-refractivity contribution in [1.82, 2.24) is 0 Å². The molecule has 0 fully saturated rings. The van der Waals surface area contributed by atoms with Crippen LogP contribution in [-0.2, 0) is 0 Å². The van der Waals surface area contributed by atoms with Crippen LogP contribution in [0.15, 0.2) is 121 Å². The summed E-state index contributed by atoms with van der Waals surface area (Å²) in [5.74, 6) is 0.718. The van der Waals surface area contributed by atoms with Crippen LogP contribution in [0.2, 0.25) is 0 Å². The van der Waals surface area contributed by atoms with Crippen molar-refractivity contribution in [3.8, 4) is 0 Å². The molecule has 0 N–H and O–H groups in total. The largest absolute Gasteiger partial charge is 0.0622 e. The average Bonchev–Trinajstić information content (AvgIpc) is 2.77. The van der Waals surface area contributed by atoms with Crippen LogP contribution in [0.4, 0.5) is 0 Å². The van der Waals surface area contributed by atoms with Gasteiger partial charge in [0.25, 0.3) is 0 Å². The van der Waals surface area contributed by atoms with Crippen LogP contribution < -0.4 is 0 Å². The molecule has 0 aliphatic rings. The second-order valence-corrected chi connectivity index (χ2v) is 6.98. The first-order valence-electron chi connectivity index (χ1n) is 9.61. The number of rotatable bonds is 6. The van der Waals surface area contributed by atoms with Crippen molar-refractivity contribution < 1.29 is 0 Å². The molecule has 0 heteroatoms. The van der Waals surface area contributed by atoms with Crippen LogP contribution in [0, 0.1) is 0 Å². The van der Waals surface area contributed by atoms with Crippen LogP contribution in [0.25, 0.3) is 0 Å². The summed E-state index contributed by atoms with van der Waals surface area (Å²) in [5.41, 5.74) is 5.50. The molecule has 27 heavy (non-hydrogen) atoms. The highest BCUT2D eigenvalue weighted by Gasteiger charge is 2.22. The van der Waals surface area contributed by atoms with E-state index < -0.39 is 0 Å². The Hall–Kier alpha value is -3.12. The second kappa shape index (κ2) is 8.51. The van der Waals surface area contributed by atoms with E-state index in [9.17, 15) is 0 Å². The highest BCUT2D eigenvalue weighted by molar-refractivity contribution is 5.38. The first-order valence-corrected chi connectivity index (χ1v) is 9.61. The van der Waals surface area contributed by atoms with E-state index in [1.165, 1.54) is 22.3 Å². The predicted molar refractivity (Wildman–Crippen MR) is 114 cm³/mol. The molecule has 132 valence electrons. The Kier molecular flexibility index (Phi) is 5.45. The lowest BCUT2D eigenvalue weighted by Crippen LogP contribution is -2.09. The average molecular weight is 348 g/mol. The van der Waals surface area contributed by atoms with Crippen molar-refractivity contribution >= 4 is 0 Å². The summed E-state index contributed by atoms with van der Waals surface area (Å²) in [4.78, 5) is 0. The smallest absolute Gasteiger partial charge is 0.00983 e. The van der Waals surface area contributed by atoms with Gasteiger partial charge in [0.1, 0.15) is 0 Å².